The van der Waals surface area contributed by atoms with Crippen molar-refractivity contribution in [2.75, 3.05) is 11.5 Å². The van der Waals surface area contributed by atoms with Crippen molar-refractivity contribution < 1.29 is 17.9 Å². The van der Waals surface area contributed by atoms with Gasteiger partial charge in [0, 0.05) is 12.2 Å². The van der Waals surface area contributed by atoms with Crippen LogP contribution < -0.4 is 15.6 Å². The molecule has 0 aliphatic carbocycles. The normalized spacial score (nSPS) is 17.5. The molecule has 1 aliphatic heterocycles. The molecule has 168 valence electrons. The molecule has 4 rings (SSSR count). The van der Waals surface area contributed by atoms with Crippen LogP contribution in [0.4, 0.5) is 0 Å². The first-order chi connectivity index (χ1) is 15.8. The molecule has 10 heteroatoms. The number of aryl methyl sites for hydroxylation is 1. The van der Waals surface area contributed by atoms with Crippen LogP contribution in [0, 0.1) is 18.3 Å². The van der Waals surface area contributed by atoms with Crippen molar-refractivity contribution in [2.45, 2.75) is 19.4 Å². The number of rotatable bonds is 5. The van der Waals surface area contributed by atoms with Gasteiger partial charge in [0.2, 0.25) is 5.88 Å². The lowest BCUT2D eigenvalue weighted by Crippen LogP contribution is -2.36. The summed E-state index contributed by atoms with van der Waals surface area (Å²) in [5.74, 6) is -0.590. The van der Waals surface area contributed by atoms with Gasteiger partial charge >= 0.3 is 0 Å². The van der Waals surface area contributed by atoms with Crippen LogP contribution in [0.3, 0.4) is 0 Å². The summed E-state index contributed by atoms with van der Waals surface area (Å²) in [6.45, 7) is 1.80. The summed E-state index contributed by atoms with van der Waals surface area (Å²) < 4.78 is 30.5. The second-order valence-corrected chi connectivity index (χ2v) is 9.91. The number of sulfone groups is 1. The Bertz CT molecular complexity index is 1470. The van der Waals surface area contributed by atoms with Gasteiger partial charge in [0.1, 0.15) is 28.6 Å². The first-order valence-corrected chi connectivity index (χ1v) is 12.0. The van der Waals surface area contributed by atoms with Gasteiger partial charge in [-0.05, 0) is 43.2 Å². The molecule has 33 heavy (non-hydrogen) atoms. The smallest absolute Gasteiger partial charge is 0.269 e. The molecule has 1 aromatic carbocycles. The van der Waals surface area contributed by atoms with E-state index in [2.05, 4.69) is 10.3 Å². The van der Waals surface area contributed by atoms with E-state index in [1.54, 1.807) is 49.4 Å². The lowest BCUT2D eigenvalue weighted by molar-refractivity contribution is -0.117. The summed E-state index contributed by atoms with van der Waals surface area (Å²) in [5.41, 5.74) is 0.170. The average molecular weight is 465 g/mol. The molecule has 1 N–H and O–H groups in total. The summed E-state index contributed by atoms with van der Waals surface area (Å²) in [7, 11) is -3.21. The van der Waals surface area contributed by atoms with E-state index in [1.807, 2.05) is 6.07 Å². The number of pyridine rings is 1. The van der Waals surface area contributed by atoms with Crippen LogP contribution in [0.1, 0.15) is 17.5 Å². The Labute approximate surface area is 189 Å². The van der Waals surface area contributed by atoms with Gasteiger partial charge in [-0.2, -0.15) is 10.2 Å². The van der Waals surface area contributed by atoms with Crippen molar-refractivity contribution >= 4 is 27.5 Å². The van der Waals surface area contributed by atoms with Crippen LogP contribution in [0.15, 0.2) is 59.0 Å². The van der Waals surface area contributed by atoms with Crippen LogP contribution in [0.2, 0.25) is 0 Å². The van der Waals surface area contributed by atoms with E-state index in [1.165, 1.54) is 10.6 Å². The van der Waals surface area contributed by atoms with Crippen molar-refractivity contribution in [3.8, 4) is 17.7 Å². The van der Waals surface area contributed by atoms with Crippen LogP contribution in [-0.4, -0.2) is 41.3 Å². The minimum atomic E-state index is -3.21. The van der Waals surface area contributed by atoms with Crippen molar-refractivity contribution in [3.63, 3.8) is 0 Å². The van der Waals surface area contributed by atoms with Crippen molar-refractivity contribution in [2.24, 2.45) is 0 Å². The molecule has 3 heterocycles. The summed E-state index contributed by atoms with van der Waals surface area (Å²) in [6, 6.07) is 13.4. The molecule has 1 amide bonds. The Morgan fingerprint density at radius 2 is 2.03 bits per heavy atom. The second kappa shape index (κ2) is 8.88. The van der Waals surface area contributed by atoms with E-state index in [0.717, 1.165) is 11.6 Å². The van der Waals surface area contributed by atoms with Crippen LogP contribution in [0.25, 0.3) is 11.7 Å². The second-order valence-electron chi connectivity index (χ2n) is 7.68. The molecule has 9 nitrogen and oxygen atoms in total. The zero-order valence-corrected chi connectivity index (χ0v) is 18.5. The molecule has 0 spiro atoms. The molecule has 1 atom stereocenters. The Morgan fingerprint density at radius 1 is 1.27 bits per heavy atom. The number of fused-ring (bicyclic) bond motifs is 1. The third-order valence-electron chi connectivity index (χ3n) is 5.23. The summed E-state index contributed by atoms with van der Waals surface area (Å²) >= 11 is 0. The lowest BCUT2D eigenvalue weighted by Gasteiger charge is -2.12. The molecule has 0 saturated carbocycles. The molecule has 1 saturated heterocycles. The minimum absolute atomic E-state index is 0.0199. The largest absolute Gasteiger partial charge is 0.438 e. The van der Waals surface area contributed by atoms with E-state index in [0.29, 0.717) is 11.4 Å². The number of hydrogen-bond acceptors (Lipinski definition) is 7. The molecule has 0 unspecified atom stereocenters. The summed E-state index contributed by atoms with van der Waals surface area (Å²) in [6.07, 6.45) is 2.94. The van der Waals surface area contributed by atoms with E-state index < -0.39 is 27.3 Å². The maximum atomic E-state index is 13.3. The Hall–Kier alpha value is -3.97. The topological polar surface area (TPSA) is 131 Å². The standard InChI is InChI=1S/C23H20N4O5S/c1-15-6-5-10-27-20(15)26-22(32-18-7-3-2-4-8-18)19(23(27)29)12-16(13-24)21(28)25-17-9-11-33(30,31)14-17/h2-8,10,12,17H,9,11,14H2,1H3,(H,25,28)/b16-12+/t17-/m0/s1. The highest BCUT2D eigenvalue weighted by Crippen LogP contribution is 2.24. The SMILES string of the molecule is Cc1cccn2c(=O)c(/C=C(\C#N)C(=O)N[C@H]3CCS(=O)(=O)C3)c(Oc3ccccc3)nc12. The summed E-state index contributed by atoms with van der Waals surface area (Å²) in [4.78, 5) is 30.4. The molecule has 0 bridgehead atoms. The fraction of sp³-hybridized carbons (Fsp3) is 0.217. The Kier molecular flexibility index (Phi) is 5.98. The number of amides is 1. The first kappa shape index (κ1) is 22.2. The van der Waals surface area contributed by atoms with Gasteiger partial charge in [-0.15, -0.1) is 0 Å². The van der Waals surface area contributed by atoms with Gasteiger partial charge < -0.3 is 10.1 Å². The van der Waals surface area contributed by atoms with Gasteiger partial charge in [-0.25, -0.2) is 8.42 Å². The number of para-hydroxylation sites is 1. The van der Waals surface area contributed by atoms with Crippen LogP contribution >= 0.6 is 0 Å². The molecular weight excluding hydrogens is 444 g/mol. The molecule has 3 aromatic rings. The third kappa shape index (κ3) is 4.78. The fourth-order valence-corrected chi connectivity index (χ4v) is 5.23. The van der Waals surface area contributed by atoms with E-state index in [-0.39, 0.29) is 34.9 Å². The number of hydrogen-bond donors (Lipinski definition) is 1. The zero-order chi connectivity index (χ0) is 23.6. The van der Waals surface area contributed by atoms with E-state index >= 15 is 0 Å². The molecule has 1 aliphatic rings. The number of ether oxygens (including phenoxy) is 1. The highest BCUT2D eigenvalue weighted by atomic mass is 32.2. The number of nitrogens with zero attached hydrogens (tertiary/aromatic N) is 3. The van der Waals surface area contributed by atoms with Crippen molar-refractivity contribution in [1.29, 1.82) is 5.26 Å². The first-order valence-electron chi connectivity index (χ1n) is 10.2. The lowest BCUT2D eigenvalue weighted by atomic mass is 10.1. The van der Waals surface area contributed by atoms with Crippen molar-refractivity contribution in [1.82, 2.24) is 14.7 Å². The highest BCUT2D eigenvalue weighted by molar-refractivity contribution is 7.91. The number of nitrogens with one attached hydrogen (secondary N) is 1. The number of aromatic nitrogens is 2. The van der Waals surface area contributed by atoms with E-state index in [4.69, 9.17) is 4.74 Å². The predicted molar refractivity (Wildman–Crippen MR) is 122 cm³/mol. The maximum Gasteiger partial charge on any atom is 0.269 e. The number of carbonyl (C=O) groups is 1. The number of benzene rings is 1. The number of nitriles is 1. The van der Waals surface area contributed by atoms with Crippen molar-refractivity contribution in [3.05, 3.63) is 75.7 Å². The quantitative estimate of drug-likeness (QED) is 0.451. The molecule has 1 fully saturated rings. The molecular formula is C23H20N4O5S. The Balaban J connectivity index is 1.79. The van der Waals surface area contributed by atoms with Gasteiger partial charge in [0.05, 0.1) is 11.5 Å². The third-order valence-corrected chi connectivity index (χ3v) is 7.00. The monoisotopic (exact) mass is 464 g/mol. The Morgan fingerprint density at radius 3 is 2.70 bits per heavy atom. The van der Waals surface area contributed by atoms with Gasteiger partial charge in [-0.3, -0.25) is 14.0 Å². The molecule has 2 aromatic heterocycles. The van der Waals surface area contributed by atoms with Crippen LogP contribution in [0.5, 0.6) is 11.6 Å². The fourth-order valence-electron chi connectivity index (χ4n) is 3.56. The summed E-state index contributed by atoms with van der Waals surface area (Å²) in [5, 5.41) is 12.2. The predicted octanol–water partition coefficient (Wildman–Crippen LogP) is 2.01. The molecule has 0 radical (unpaired) electrons. The average Bonchev–Trinajstić information content (AvgIpc) is 3.13. The zero-order valence-electron chi connectivity index (χ0n) is 17.7. The van der Waals surface area contributed by atoms with Gasteiger partial charge in [-0.1, -0.05) is 24.3 Å². The number of carbonyl (C=O) groups excluding carboxylic acids is 1. The maximum absolute atomic E-state index is 13.3. The van der Waals surface area contributed by atoms with E-state index in [9.17, 15) is 23.3 Å². The van der Waals surface area contributed by atoms with Gasteiger partial charge in [0.25, 0.3) is 11.5 Å². The minimum Gasteiger partial charge on any atom is -0.438 e. The van der Waals surface area contributed by atoms with Crippen LogP contribution in [-0.2, 0) is 14.6 Å². The van der Waals surface area contributed by atoms with Gasteiger partial charge in [0.15, 0.2) is 9.84 Å². The highest BCUT2D eigenvalue weighted by Gasteiger charge is 2.30.